The quantitative estimate of drug-likeness (QED) is 0.628. The number of benzene rings is 2. The molecule has 2 N–H and O–H groups in total. The van der Waals surface area contributed by atoms with E-state index in [9.17, 15) is 9.59 Å². The Kier molecular flexibility index (Phi) is 5.29. The molecule has 3 aromatic rings. The number of ketones is 1. The van der Waals surface area contributed by atoms with Crippen LogP contribution in [0.25, 0.3) is 0 Å². The number of halogens is 1. The second-order valence-corrected chi connectivity index (χ2v) is 6.09. The monoisotopic (exact) mass is 365 g/mol. The molecule has 0 atom stereocenters. The molecule has 0 fully saturated rings. The summed E-state index contributed by atoms with van der Waals surface area (Å²) in [5.74, 6) is 0.276. The van der Waals surface area contributed by atoms with Crippen LogP contribution in [-0.4, -0.2) is 16.7 Å². The van der Waals surface area contributed by atoms with Gasteiger partial charge in [-0.1, -0.05) is 17.7 Å². The molecule has 0 aliphatic rings. The van der Waals surface area contributed by atoms with Gasteiger partial charge < -0.3 is 10.6 Å². The molecule has 0 bridgehead atoms. The van der Waals surface area contributed by atoms with Crippen LogP contribution in [0.2, 0.25) is 5.02 Å². The Morgan fingerprint density at radius 3 is 2.38 bits per heavy atom. The molecule has 130 valence electrons. The molecule has 1 amide bonds. The molecule has 1 heterocycles. The van der Waals surface area contributed by atoms with E-state index in [2.05, 4.69) is 15.6 Å². The lowest BCUT2D eigenvalue weighted by atomic mass is 10.1. The number of anilines is 3. The molecule has 0 radical (unpaired) electrons. The summed E-state index contributed by atoms with van der Waals surface area (Å²) in [7, 11) is 0. The number of rotatable bonds is 5. The van der Waals surface area contributed by atoms with Gasteiger partial charge in [0.1, 0.15) is 5.82 Å². The minimum atomic E-state index is -0.260. The van der Waals surface area contributed by atoms with Crippen LogP contribution in [0, 0.1) is 0 Å². The van der Waals surface area contributed by atoms with Crippen LogP contribution in [0.5, 0.6) is 0 Å². The summed E-state index contributed by atoms with van der Waals surface area (Å²) in [6.45, 7) is 1.52. The Bertz CT molecular complexity index is 955. The van der Waals surface area contributed by atoms with Crippen LogP contribution in [0.15, 0.2) is 66.9 Å². The zero-order valence-corrected chi connectivity index (χ0v) is 14.7. The summed E-state index contributed by atoms with van der Waals surface area (Å²) in [5.41, 5.74) is 2.49. The van der Waals surface area contributed by atoms with Gasteiger partial charge in [0.25, 0.3) is 5.91 Å². The number of carbonyl (C=O) groups is 2. The molecular formula is C20H16ClN3O2. The Morgan fingerprint density at radius 2 is 1.69 bits per heavy atom. The first-order chi connectivity index (χ1) is 12.5. The van der Waals surface area contributed by atoms with Gasteiger partial charge in [-0.25, -0.2) is 4.98 Å². The molecule has 3 rings (SSSR count). The fourth-order valence-electron chi connectivity index (χ4n) is 2.35. The minimum absolute atomic E-state index is 0.00867. The number of hydrogen-bond donors (Lipinski definition) is 2. The van der Waals surface area contributed by atoms with Crippen LogP contribution >= 0.6 is 11.6 Å². The fourth-order valence-corrected chi connectivity index (χ4v) is 2.54. The van der Waals surface area contributed by atoms with Crippen molar-refractivity contribution in [3.63, 3.8) is 0 Å². The molecular weight excluding hydrogens is 350 g/mol. The van der Waals surface area contributed by atoms with Crippen LogP contribution < -0.4 is 10.6 Å². The van der Waals surface area contributed by atoms with Crippen molar-refractivity contribution in [1.82, 2.24) is 4.98 Å². The van der Waals surface area contributed by atoms with Crippen LogP contribution in [0.1, 0.15) is 27.6 Å². The van der Waals surface area contributed by atoms with Gasteiger partial charge in [-0.15, -0.1) is 0 Å². The zero-order chi connectivity index (χ0) is 18.5. The van der Waals surface area contributed by atoms with Crippen molar-refractivity contribution in [2.75, 3.05) is 10.6 Å². The summed E-state index contributed by atoms with van der Waals surface area (Å²) >= 11 is 5.93. The molecule has 1 aromatic heterocycles. The Morgan fingerprint density at radius 1 is 0.923 bits per heavy atom. The normalized spacial score (nSPS) is 10.2. The third-order valence-corrected chi connectivity index (χ3v) is 3.90. The highest BCUT2D eigenvalue weighted by atomic mass is 35.5. The molecule has 5 nitrogen and oxygen atoms in total. The first kappa shape index (κ1) is 17.6. The average Bonchev–Trinajstić information content (AvgIpc) is 2.62. The van der Waals surface area contributed by atoms with E-state index < -0.39 is 0 Å². The van der Waals surface area contributed by atoms with E-state index in [1.807, 2.05) is 0 Å². The highest BCUT2D eigenvalue weighted by Gasteiger charge is 2.08. The number of nitrogens with zero attached hydrogens (tertiary/aromatic N) is 1. The molecule has 0 saturated heterocycles. The fraction of sp³-hybridized carbons (Fsp3) is 0.0500. The third-order valence-electron chi connectivity index (χ3n) is 3.67. The van der Waals surface area contributed by atoms with Gasteiger partial charge in [0, 0.05) is 33.7 Å². The third kappa shape index (κ3) is 4.46. The van der Waals surface area contributed by atoms with Gasteiger partial charge in [-0.3, -0.25) is 9.59 Å². The van der Waals surface area contributed by atoms with E-state index >= 15 is 0 Å². The van der Waals surface area contributed by atoms with Crippen LogP contribution in [-0.2, 0) is 0 Å². The summed E-state index contributed by atoms with van der Waals surface area (Å²) in [6, 6.07) is 17.3. The first-order valence-electron chi connectivity index (χ1n) is 7.92. The average molecular weight is 366 g/mol. The van der Waals surface area contributed by atoms with Gasteiger partial charge in [-0.05, 0) is 61.5 Å². The number of carbonyl (C=O) groups excluding carboxylic acids is 2. The lowest BCUT2D eigenvalue weighted by Gasteiger charge is -2.09. The van der Waals surface area contributed by atoms with Gasteiger partial charge in [0.05, 0.1) is 0 Å². The molecule has 2 aromatic carbocycles. The van der Waals surface area contributed by atoms with Crippen molar-refractivity contribution in [2.45, 2.75) is 6.92 Å². The second-order valence-electron chi connectivity index (χ2n) is 5.65. The summed E-state index contributed by atoms with van der Waals surface area (Å²) < 4.78 is 0. The summed E-state index contributed by atoms with van der Waals surface area (Å²) in [6.07, 6.45) is 1.55. The van der Waals surface area contributed by atoms with Crippen LogP contribution in [0.4, 0.5) is 17.2 Å². The van der Waals surface area contributed by atoms with E-state index in [-0.39, 0.29) is 11.7 Å². The largest absolute Gasteiger partial charge is 0.340 e. The van der Waals surface area contributed by atoms with Gasteiger partial charge >= 0.3 is 0 Å². The maximum atomic E-state index is 12.4. The molecule has 26 heavy (non-hydrogen) atoms. The highest BCUT2D eigenvalue weighted by Crippen LogP contribution is 2.19. The SMILES string of the molecule is CC(=O)c1ccc(Nc2cc(C(=O)Nc3cccc(Cl)c3)ccn2)cc1. The van der Waals surface area contributed by atoms with E-state index in [1.165, 1.54) is 6.92 Å². The Balaban J connectivity index is 1.73. The van der Waals surface area contributed by atoms with E-state index in [4.69, 9.17) is 11.6 Å². The molecule has 6 heteroatoms. The maximum absolute atomic E-state index is 12.4. The number of aromatic nitrogens is 1. The van der Waals surface area contributed by atoms with Gasteiger partial charge in [-0.2, -0.15) is 0 Å². The van der Waals surface area contributed by atoms with Crippen molar-refractivity contribution < 1.29 is 9.59 Å². The number of amides is 1. The minimum Gasteiger partial charge on any atom is -0.340 e. The van der Waals surface area contributed by atoms with Crippen molar-refractivity contribution in [3.8, 4) is 0 Å². The van der Waals surface area contributed by atoms with Crippen molar-refractivity contribution in [1.29, 1.82) is 0 Å². The molecule has 0 saturated carbocycles. The molecule has 0 spiro atoms. The number of Topliss-reactive ketones (excluding diaryl/α,β-unsaturated/α-hetero) is 1. The van der Waals surface area contributed by atoms with Gasteiger partial charge in [0.2, 0.25) is 0 Å². The van der Waals surface area contributed by atoms with E-state index in [0.29, 0.717) is 27.7 Å². The standard InChI is InChI=1S/C20H16ClN3O2/c1-13(25)14-5-7-17(8-6-14)23-19-11-15(9-10-22-19)20(26)24-18-4-2-3-16(21)12-18/h2-12H,1H3,(H,22,23)(H,24,26). The Labute approximate surface area is 156 Å². The lowest BCUT2D eigenvalue weighted by Crippen LogP contribution is -2.12. The smallest absolute Gasteiger partial charge is 0.255 e. The van der Waals surface area contributed by atoms with E-state index in [0.717, 1.165) is 5.69 Å². The number of hydrogen-bond acceptors (Lipinski definition) is 4. The summed E-state index contributed by atoms with van der Waals surface area (Å²) in [4.78, 5) is 27.9. The van der Waals surface area contributed by atoms with E-state index in [1.54, 1.807) is 66.9 Å². The second kappa shape index (κ2) is 7.80. The van der Waals surface area contributed by atoms with Crippen molar-refractivity contribution in [2.24, 2.45) is 0 Å². The Hall–Kier alpha value is -3.18. The lowest BCUT2D eigenvalue weighted by molar-refractivity contribution is 0.101. The molecule has 0 aliphatic carbocycles. The number of nitrogens with one attached hydrogen (secondary N) is 2. The van der Waals surface area contributed by atoms with Crippen LogP contribution in [0.3, 0.4) is 0 Å². The topological polar surface area (TPSA) is 71.1 Å². The number of pyridine rings is 1. The zero-order valence-electron chi connectivity index (χ0n) is 14.0. The van der Waals surface area contributed by atoms with Crippen molar-refractivity contribution in [3.05, 3.63) is 83.0 Å². The van der Waals surface area contributed by atoms with Gasteiger partial charge in [0.15, 0.2) is 5.78 Å². The highest BCUT2D eigenvalue weighted by molar-refractivity contribution is 6.31. The molecule has 0 unspecified atom stereocenters. The predicted molar refractivity (Wildman–Crippen MR) is 103 cm³/mol. The summed E-state index contributed by atoms with van der Waals surface area (Å²) in [5, 5.41) is 6.46. The van der Waals surface area contributed by atoms with Crippen molar-refractivity contribution >= 4 is 40.5 Å². The predicted octanol–water partition coefficient (Wildman–Crippen LogP) is 4.93. The first-order valence-corrected chi connectivity index (χ1v) is 8.30. The molecule has 0 aliphatic heterocycles. The maximum Gasteiger partial charge on any atom is 0.255 e.